The molecule has 7 heteroatoms. The van der Waals surface area contributed by atoms with Crippen molar-refractivity contribution in [3.05, 3.63) is 5.28 Å². The normalized spacial score (nSPS) is 12.9. The minimum atomic E-state index is -0.0506. The molecule has 0 bridgehead atoms. The van der Waals surface area contributed by atoms with Gasteiger partial charge in [0.25, 0.3) is 0 Å². The van der Waals surface area contributed by atoms with Crippen LogP contribution in [0.15, 0.2) is 0 Å². The fourth-order valence-corrected chi connectivity index (χ4v) is 1.51. The first kappa shape index (κ1) is 14.9. The molecule has 0 aromatic carbocycles. The van der Waals surface area contributed by atoms with E-state index in [1.807, 2.05) is 39.8 Å². The van der Waals surface area contributed by atoms with E-state index in [-0.39, 0.29) is 29.5 Å². The van der Waals surface area contributed by atoms with E-state index in [4.69, 9.17) is 21.1 Å². The molecule has 1 rings (SSSR count). The lowest BCUT2D eigenvalue weighted by molar-refractivity contribution is 0.157. The van der Waals surface area contributed by atoms with Crippen LogP contribution in [-0.4, -0.2) is 52.7 Å². The number of hydrogen-bond donors (Lipinski definition) is 0. The number of ether oxygens (including phenoxy) is 2. The average molecular weight is 275 g/mol. The summed E-state index contributed by atoms with van der Waals surface area (Å²) in [4.78, 5) is 13.8. The second kappa shape index (κ2) is 6.70. The third kappa shape index (κ3) is 5.46. The summed E-state index contributed by atoms with van der Waals surface area (Å²) in [6.07, 6.45) is -0.0825. The highest BCUT2D eigenvalue weighted by Crippen LogP contribution is 2.15. The van der Waals surface area contributed by atoms with Gasteiger partial charge in [-0.05, 0) is 46.5 Å². The Balaban J connectivity index is 2.73. The van der Waals surface area contributed by atoms with Gasteiger partial charge in [0, 0.05) is 6.54 Å². The molecule has 18 heavy (non-hydrogen) atoms. The molecule has 1 heterocycles. The molecule has 6 nitrogen and oxygen atoms in total. The van der Waals surface area contributed by atoms with Crippen LogP contribution in [0.1, 0.15) is 20.8 Å². The largest absolute Gasteiger partial charge is 0.461 e. The Labute approximate surface area is 112 Å². The van der Waals surface area contributed by atoms with Crippen LogP contribution >= 0.6 is 11.6 Å². The lowest BCUT2D eigenvalue weighted by Crippen LogP contribution is -2.28. The van der Waals surface area contributed by atoms with Gasteiger partial charge < -0.3 is 14.4 Å². The van der Waals surface area contributed by atoms with Gasteiger partial charge in [0.05, 0.1) is 6.10 Å². The molecule has 0 aliphatic heterocycles. The maximum Gasteiger partial charge on any atom is 0.324 e. The quantitative estimate of drug-likeness (QED) is 0.786. The maximum absolute atomic E-state index is 5.79. The molecular weight excluding hydrogens is 256 g/mol. The zero-order valence-electron chi connectivity index (χ0n) is 11.3. The Morgan fingerprint density at radius 1 is 1.06 bits per heavy atom. The van der Waals surface area contributed by atoms with Gasteiger partial charge in [-0.1, -0.05) is 0 Å². The summed E-state index contributed by atoms with van der Waals surface area (Å²) in [6.45, 7) is 6.45. The van der Waals surface area contributed by atoms with Gasteiger partial charge in [-0.15, -0.1) is 4.98 Å². The van der Waals surface area contributed by atoms with Gasteiger partial charge >= 0.3 is 12.0 Å². The Morgan fingerprint density at radius 2 is 1.61 bits per heavy atom. The van der Waals surface area contributed by atoms with Crippen LogP contribution in [0.3, 0.4) is 0 Å². The fourth-order valence-electron chi connectivity index (χ4n) is 1.36. The molecule has 1 aromatic rings. The maximum atomic E-state index is 5.79. The van der Waals surface area contributed by atoms with Gasteiger partial charge in [-0.2, -0.15) is 9.97 Å². The molecule has 0 aliphatic rings. The predicted octanol–water partition coefficient (Wildman–Crippen LogP) is 1.64. The van der Waals surface area contributed by atoms with E-state index in [2.05, 4.69) is 15.0 Å². The topological polar surface area (TPSA) is 60.4 Å². The highest BCUT2D eigenvalue weighted by molar-refractivity contribution is 6.28. The first-order valence-electron chi connectivity index (χ1n) is 5.76. The molecule has 1 atom stereocenters. The Bertz CT molecular complexity index is 387. The van der Waals surface area contributed by atoms with Gasteiger partial charge in [0.15, 0.2) is 0 Å². The highest BCUT2D eigenvalue weighted by atomic mass is 35.5. The average Bonchev–Trinajstić information content (AvgIpc) is 2.12. The number of hydrogen-bond acceptors (Lipinski definition) is 6. The summed E-state index contributed by atoms with van der Waals surface area (Å²) in [5, 5.41) is 0.0627. The Morgan fingerprint density at radius 3 is 2.11 bits per heavy atom. The first-order valence-corrected chi connectivity index (χ1v) is 6.14. The number of nitrogens with zero attached hydrogens (tertiary/aromatic N) is 4. The Hall–Kier alpha value is -1.14. The monoisotopic (exact) mass is 274 g/mol. The minimum absolute atomic E-state index is 0.0319. The molecule has 102 valence electrons. The molecule has 1 aromatic heterocycles. The summed E-state index contributed by atoms with van der Waals surface area (Å²) in [6, 6.07) is 0.358. The van der Waals surface area contributed by atoms with Crippen molar-refractivity contribution in [2.45, 2.75) is 33.0 Å². The van der Waals surface area contributed by atoms with Crippen molar-refractivity contribution in [3.63, 3.8) is 0 Å². The summed E-state index contributed by atoms with van der Waals surface area (Å²) < 4.78 is 10.9. The molecule has 0 saturated carbocycles. The molecule has 0 aliphatic carbocycles. The first-order chi connectivity index (χ1) is 8.36. The van der Waals surface area contributed by atoms with Crippen molar-refractivity contribution in [1.29, 1.82) is 0 Å². The van der Waals surface area contributed by atoms with E-state index in [1.54, 1.807) is 0 Å². The standard InChI is InChI=1S/C11H19ClN4O2/c1-7(2)17-10-13-9(12)14-11(15-10)18-8(3)6-16(4)5/h7-8H,6H2,1-5H3. The highest BCUT2D eigenvalue weighted by Gasteiger charge is 2.12. The summed E-state index contributed by atoms with van der Waals surface area (Å²) in [7, 11) is 3.93. The van der Waals surface area contributed by atoms with E-state index in [0.717, 1.165) is 6.54 Å². The second-order valence-corrected chi connectivity index (χ2v) is 4.86. The van der Waals surface area contributed by atoms with Crippen LogP contribution < -0.4 is 9.47 Å². The van der Waals surface area contributed by atoms with Gasteiger partial charge in [-0.3, -0.25) is 0 Å². The molecule has 0 spiro atoms. The van der Waals surface area contributed by atoms with Crippen LogP contribution in [0.2, 0.25) is 5.28 Å². The van der Waals surface area contributed by atoms with Gasteiger partial charge in [0.1, 0.15) is 6.10 Å². The Kier molecular flexibility index (Phi) is 5.55. The lowest BCUT2D eigenvalue weighted by atomic mass is 10.4. The molecule has 0 amide bonds. The van der Waals surface area contributed by atoms with E-state index >= 15 is 0 Å². The van der Waals surface area contributed by atoms with Crippen LogP contribution in [0.5, 0.6) is 12.0 Å². The van der Waals surface area contributed by atoms with Gasteiger partial charge in [-0.25, -0.2) is 0 Å². The minimum Gasteiger partial charge on any atom is -0.461 e. The van der Waals surface area contributed by atoms with Gasteiger partial charge in [0.2, 0.25) is 5.28 Å². The molecule has 1 unspecified atom stereocenters. The van der Waals surface area contributed by atoms with Crippen molar-refractivity contribution in [2.75, 3.05) is 20.6 Å². The number of halogens is 1. The third-order valence-electron chi connectivity index (χ3n) is 1.84. The van der Waals surface area contributed by atoms with E-state index in [1.165, 1.54) is 0 Å². The summed E-state index contributed by atoms with van der Waals surface area (Å²) in [5.74, 6) is 0. The molecule has 0 N–H and O–H groups in total. The molecule has 0 fully saturated rings. The number of rotatable bonds is 6. The van der Waals surface area contributed by atoms with Crippen LogP contribution in [0.4, 0.5) is 0 Å². The van der Waals surface area contributed by atoms with E-state index in [9.17, 15) is 0 Å². The zero-order chi connectivity index (χ0) is 13.7. The van der Waals surface area contributed by atoms with Crippen molar-refractivity contribution >= 4 is 11.6 Å². The smallest absolute Gasteiger partial charge is 0.324 e. The molecule has 0 saturated heterocycles. The summed E-state index contributed by atoms with van der Waals surface area (Å²) in [5.41, 5.74) is 0. The predicted molar refractivity (Wildman–Crippen MR) is 69.2 cm³/mol. The van der Waals surface area contributed by atoms with Crippen molar-refractivity contribution in [2.24, 2.45) is 0 Å². The number of likely N-dealkylation sites (N-methyl/N-ethyl adjacent to an activating group) is 1. The van der Waals surface area contributed by atoms with Crippen molar-refractivity contribution < 1.29 is 9.47 Å². The second-order valence-electron chi connectivity index (χ2n) is 4.53. The molecular formula is C11H19ClN4O2. The third-order valence-corrected chi connectivity index (χ3v) is 2.01. The SMILES string of the molecule is CC(C)Oc1nc(Cl)nc(OC(C)CN(C)C)n1. The van der Waals surface area contributed by atoms with Crippen LogP contribution in [0.25, 0.3) is 0 Å². The van der Waals surface area contributed by atoms with Crippen molar-refractivity contribution in [3.8, 4) is 12.0 Å². The lowest BCUT2D eigenvalue weighted by Gasteiger charge is -2.17. The van der Waals surface area contributed by atoms with Crippen LogP contribution in [0, 0.1) is 0 Å². The van der Waals surface area contributed by atoms with Crippen LogP contribution in [-0.2, 0) is 0 Å². The van der Waals surface area contributed by atoms with Crippen molar-refractivity contribution in [1.82, 2.24) is 19.9 Å². The zero-order valence-corrected chi connectivity index (χ0v) is 12.1. The van der Waals surface area contributed by atoms with E-state index < -0.39 is 0 Å². The van der Waals surface area contributed by atoms with E-state index in [0.29, 0.717) is 0 Å². The fraction of sp³-hybridized carbons (Fsp3) is 0.727. The number of aromatic nitrogens is 3. The molecule has 0 radical (unpaired) electrons. The summed E-state index contributed by atoms with van der Waals surface area (Å²) >= 11 is 5.79.